The number of carbonyl (C=O) groups is 1. The van der Waals surface area contributed by atoms with Gasteiger partial charge in [-0.1, -0.05) is 12.6 Å². The molecule has 0 unspecified atom stereocenters. The number of piperidine rings is 1. The van der Waals surface area contributed by atoms with Crippen LogP contribution in [0.1, 0.15) is 35.4 Å². The molecule has 0 atom stereocenters. The summed E-state index contributed by atoms with van der Waals surface area (Å²) in [6.45, 7) is 7.09. The molecule has 0 aliphatic carbocycles. The quantitative estimate of drug-likeness (QED) is 0.770. The molecule has 1 aromatic carbocycles. The normalized spacial score (nSPS) is 15.4. The third-order valence-corrected chi connectivity index (χ3v) is 5.29. The van der Waals surface area contributed by atoms with E-state index in [0.29, 0.717) is 24.1 Å². The monoisotopic (exact) mass is 378 g/mol. The van der Waals surface area contributed by atoms with Gasteiger partial charge in [0, 0.05) is 26.3 Å². The molecule has 28 heavy (non-hydrogen) atoms. The predicted octanol–water partition coefficient (Wildman–Crippen LogP) is 3.21. The van der Waals surface area contributed by atoms with Crippen LogP contribution in [0.4, 0.5) is 4.39 Å². The molecule has 2 aromatic rings. The van der Waals surface area contributed by atoms with Gasteiger partial charge in [0.05, 0.1) is 5.56 Å². The maximum absolute atomic E-state index is 13.6. The van der Waals surface area contributed by atoms with Crippen molar-refractivity contribution in [2.24, 2.45) is 4.99 Å². The first-order valence-electron chi connectivity index (χ1n) is 9.25. The summed E-state index contributed by atoms with van der Waals surface area (Å²) >= 11 is 0. The van der Waals surface area contributed by atoms with Crippen molar-refractivity contribution in [1.82, 2.24) is 9.47 Å². The lowest BCUT2D eigenvalue weighted by atomic mass is 9.86. The second-order valence-corrected chi connectivity index (χ2v) is 7.00. The maximum atomic E-state index is 13.6. The SMILES string of the molecule is C=C(C(=O)N1CCC(c2cc(F)ccc2C)CC1)n1cc(C#N)ccc1=NC. The Morgan fingerprint density at radius 1 is 1.29 bits per heavy atom. The van der Waals surface area contributed by atoms with Crippen LogP contribution in [0.3, 0.4) is 0 Å². The molecule has 0 N–H and O–H groups in total. The fourth-order valence-electron chi connectivity index (χ4n) is 3.69. The van der Waals surface area contributed by atoms with E-state index in [1.807, 2.05) is 6.92 Å². The van der Waals surface area contributed by atoms with Gasteiger partial charge in [-0.05, 0) is 61.1 Å². The molecule has 6 heteroatoms. The molecule has 1 aliphatic heterocycles. The van der Waals surface area contributed by atoms with Crippen LogP contribution < -0.4 is 5.49 Å². The lowest BCUT2D eigenvalue weighted by Crippen LogP contribution is -2.40. The second-order valence-electron chi connectivity index (χ2n) is 7.00. The van der Waals surface area contributed by atoms with E-state index in [1.54, 1.807) is 47.0 Å². The van der Waals surface area contributed by atoms with Gasteiger partial charge in [0.25, 0.3) is 5.91 Å². The number of pyridine rings is 1. The number of amides is 1. The number of halogens is 1. The number of hydrogen-bond donors (Lipinski definition) is 0. The number of aryl methyl sites for hydroxylation is 1. The van der Waals surface area contributed by atoms with Crippen LogP contribution in [0.25, 0.3) is 5.70 Å². The Labute approximate surface area is 164 Å². The van der Waals surface area contributed by atoms with Crippen LogP contribution in [-0.2, 0) is 4.79 Å². The maximum Gasteiger partial charge on any atom is 0.270 e. The highest BCUT2D eigenvalue weighted by molar-refractivity contribution is 6.12. The predicted molar refractivity (Wildman–Crippen MR) is 106 cm³/mol. The van der Waals surface area contributed by atoms with Crippen LogP contribution >= 0.6 is 0 Å². The molecule has 0 spiro atoms. The summed E-state index contributed by atoms with van der Waals surface area (Å²) in [5, 5.41) is 9.13. The number of rotatable bonds is 3. The van der Waals surface area contributed by atoms with Gasteiger partial charge in [-0.2, -0.15) is 5.26 Å². The molecule has 0 saturated carbocycles. The zero-order valence-electron chi connectivity index (χ0n) is 16.2. The molecule has 3 rings (SSSR count). The van der Waals surface area contributed by atoms with Gasteiger partial charge in [-0.3, -0.25) is 14.4 Å². The Morgan fingerprint density at radius 3 is 2.64 bits per heavy atom. The highest BCUT2D eigenvalue weighted by Gasteiger charge is 2.26. The summed E-state index contributed by atoms with van der Waals surface area (Å²) in [7, 11) is 1.63. The van der Waals surface area contributed by atoms with Gasteiger partial charge >= 0.3 is 0 Å². The lowest BCUT2D eigenvalue weighted by Gasteiger charge is -2.33. The van der Waals surface area contributed by atoms with Gasteiger partial charge in [-0.15, -0.1) is 0 Å². The van der Waals surface area contributed by atoms with E-state index in [4.69, 9.17) is 5.26 Å². The van der Waals surface area contributed by atoms with E-state index >= 15 is 0 Å². The van der Waals surface area contributed by atoms with Crippen molar-refractivity contribution in [2.45, 2.75) is 25.7 Å². The summed E-state index contributed by atoms with van der Waals surface area (Å²) in [6.07, 6.45) is 3.12. The molecular formula is C22H23FN4O. The zero-order valence-corrected chi connectivity index (χ0v) is 16.2. The first-order valence-corrected chi connectivity index (χ1v) is 9.25. The van der Waals surface area contributed by atoms with Gasteiger partial charge in [0.15, 0.2) is 0 Å². The number of carbonyl (C=O) groups excluding carboxylic acids is 1. The molecule has 1 aromatic heterocycles. The van der Waals surface area contributed by atoms with E-state index in [0.717, 1.165) is 24.0 Å². The van der Waals surface area contributed by atoms with Crippen LogP contribution in [0, 0.1) is 24.1 Å². The smallest absolute Gasteiger partial charge is 0.270 e. The highest BCUT2D eigenvalue weighted by Crippen LogP contribution is 2.31. The van der Waals surface area contributed by atoms with Crippen LogP contribution in [0.5, 0.6) is 0 Å². The van der Waals surface area contributed by atoms with Crippen molar-refractivity contribution in [3.05, 3.63) is 71.1 Å². The third-order valence-electron chi connectivity index (χ3n) is 5.29. The topological polar surface area (TPSA) is 61.4 Å². The van der Waals surface area contributed by atoms with Gasteiger partial charge in [0.1, 0.15) is 23.1 Å². The van der Waals surface area contributed by atoms with Crippen molar-refractivity contribution in [3.8, 4) is 6.07 Å². The first-order chi connectivity index (χ1) is 13.4. The first kappa shape index (κ1) is 19.6. The van der Waals surface area contributed by atoms with Gasteiger partial charge in [-0.25, -0.2) is 4.39 Å². The number of nitrogens with zero attached hydrogens (tertiary/aromatic N) is 4. The molecule has 144 valence electrons. The van der Waals surface area contributed by atoms with E-state index in [-0.39, 0.29) is 23.3 Å². The molecule has 0 bridgehead atoms. The minimum atomic E-state index is -0.225. The number of nitriles is 1. The summed E-state index contributed by atoms with van der Waals surface area (Å²) < 4.78 is 15.2. The Hall–Kier alpha value is -3.20. The van der Waals surface area contributed by atoms with Crippen molar-refractivity contribution >= 4 is 11.6 Å². The molecule has 1 fully saturated rings. The molecular weight excluding hydrogens is 355 g/mol. The van der Waals surface area contributed by atoms with Crippen LogP contribution in [0.2, 0.25) is 0 Å². The minimum Gasteiger partial charge on any atom is -0.337 e. The van der Waals surface area contributed by atoms with E-state index in [1.165, 1.54) is 6.07 Å². The molecule has 1 saturated heterocycles. The lowest BCUT2D eigenvalue weighted by molar-refractivity contribution is -0.126. The summed E-state index contributed by atoms with van der Waals surface area (Å²) in [5.41, 5.74) is 3.35. The summed E-state index contributed by atoms with van der Waals surface area (Å²) in [5.74, 6) is -0.166. The Balaban J connectivity index is 1.75. The molecule has 1 amide bonds. The number of hydrogen-bond acceptors (Lipinski definition) is 3. The number of aromatic nitrogens is 1. The van der Waals surface area contributed by atoms with E-state index < -0.39 is 0 Å². The van der Waals surface area contributed by atoms with Crippen molar-refractivity contribution < 1.29 is 9.18 Å². The molecule has 1 aliphatic rings. The molecule has 0 radical (unpaired) electrons. The van der Waals surface area contributed by atoms with Crippen LogP contribution in [0.15, 0.2) is 48.1 Å². The van der Waals surface area contributed by atoms with Crippen molar-refractivity contribution in [3.63, 3.8) is 0 Å². The van der Waals surface area contributed by atoms with Gasteiger partial charge < -0.3 is 4.90 Å². The number of likely N-dealkylation sites (tertiary alicyclic amines) is 1. The second kappa shape index (κ2) is 8.22. The van der Waals surface area contributed by atoms with Gasteiger partial charge in [0.2, 0.25) is 0 Å². The summed E-state index contributed by atoms with van der Waals surface area (Å²) in [4.78, 5) is 18.9. The molecule has 5 nitrogen and oxygen atoms in total. The minimum absolute atomic E-state index is 0.181. The zero-order chi connectivity index (χ0) is 20.3. The Bertz CT molecular complexity index is 1020. The molecule has 2 heterocycles. The van der Waals surface area contributed by atoms with E-state index in [2.05, 4.69) is 17.6 Å². The van der Waals surface area contributed by atoms with E-state index in [9.17, 15) is 9.18 Å². The van der Waals surface area contributed by atoms with Crippen molar-refractivity contribution in [1.29, 1.82) is 5.26 Å². The fraction of sp³-hybridized carbons (Fsp3) is 0.318. The fourth-order valence-corrected chi connectivity index (χ4v) is 3.69. The Kier molecular flexibility index (Phi) is 5.74. The van der Waals surface area contributed by atoms with Crippen molar-refractivity contribution in [2.75, 3.05) is 20.1 Å². The van der Waals surface area contributed by atoms with Crippen LogP contribution in [-0.4, -0.2) is 35.5 Å². The Morgan fingerprint density at radius 2 is 2.00 bits per heavy atom. The third kappa shape index (κ3) is 3.89. The largest absolute Gasteiger partial charge is 0.337 e. The average Bonchev–Trinajstić information content (AvgIpc) is 2.74. The summed E-state index contributed by atoms with van der Waals surface area (Å²) in [6, 6.07) is 10.3. The number of benzene rings is 1. The average molecular weight is 378 g/mol. The highest BCUT2D eigenvalue weighted by atomic mass is 19.1. The standard InChI is InChI=1S/C22H23FN4O/c1-15-4-6-19(23)12-20(15)18-8-10-26(11-9-18)22(28)16(2)27-14-17(13-24)5-7-21(27)25-3/h4-7,12,14,18H,2,8-11H2,1,3H3.